The van der Waals surface area contributed by atoms with Gasteiger partial charge in [0.1, 0.15) is 4.75 Å². The van der Waals surface area contributed by atoms with Crippen molar-refractivity contribution in [3.8, 4) is 0 Å². The first-order valence-corrected chi connectivity index (χ1v) is 11.2. The molecule has 1 atom stereocenters. The molecule has 29 heavy (non-hydrogen) atoms. The molecule has 2 aliphatic rings. The number of amides is 1. The van der Waals surface area contributed by atoms with E-state index in [-0.39, 0.29) is 5.91 Å². The highest BCUT2D eigenvalue weighted by atomic mass is 79.9. The maximum absolute atomic E-state index is 13.3. The van der Waals surface area contributed by atoms with E-state index in [1.165, 1.54) is 11.8 Å². The topological polar surface area (TPSA) is 41.1 Å². The fourth-order valence-electron chi connectivity index (χ4n) is 3.58. The zero-order valence-corrected chi connectivity index (χ0v) is 18.7. The fraction of sp³-hybridized carbons (Fsp3) is 0.0455. The van der Waals surface area contributed by atoms with E-state index < -0.39 is 4.75 Å². The first-order valence-electron chi connectivity index (χ1n) is 8.80. The van der Waals surface area contributed by atoms with Crippen LogP contribution >= 0.6 is 50.9 Å². The summed E-state index contributed by atoms with van der Waals surface area (Å²) in [5, 5.41) is 7.71. The lowest BCUT2D eigenvalue weighted by atomic mass is 9.96. The second-order valence-electron chi connectivity index (χ2n) is 6.81. The van der Waals surface area contributed by atoms with E-state index in [1.807, 2.05) is 60.7 Å². The van der Waals surface area contributed by atoms with Crippen LogP contribution in [-0.4, -0.2) is 5.91 Å². The summed E-state index contributed by atoms with van der Waals surface area (Å²) < 4.78 is 0.0353. The predicted octanol–water partition coefficient (Wildman–Crippen LogP) is 7.16. The van der Waals surface area contributed by atoms with Gasteiger partial charge in [0.05, 0.1) is 5.69 Å². The monoisotopic (exact) mass is 502 g/mol. The summed E-state index contributed by atoms with van der Waals surface area (Å²) in [5.74, 6) is -0.0982. The van der Waals surface area contributed by atoms with E-state index in [1.54, 1.807) is 6.07 Å². The predicted molar refractivity (Wildman–Crippen MR) is 125 cm³/mol. The number of halogens is 3. The number of hydrogen-bond donors (Lipinski definition) is 2. The molecule has 2 heterocycles. The van der Waals surface area contributed by atoms with Crippen molar-refractivity contribution in [1.82, 2.24) is 0 Å². The Morgan fingerprint density at radius 3 is 2.38 bits per heavy atom. The van der Waals surface area contributed by atoms with Crippen molar-refractivity contribution in [3.05, 3.63) is 92.4 Å². The number of nitrogens with one attached hydrogen (secondary N) is 2. The van der Waals surface area contributed by atoms with E-state index in [9.17, 15) is 4.79 Å². The molecular formula is C22H13BrCl2N2OS. The van der Waals surface area contributed by atoms with Crippen LogP contribution in [0, 0.1) is 0 Å². The molecule has 2 aliphatic heterocycles. The second kappa shape index (κ2) is 7.10. The van der Waals surface area contributed by atoms with Crippen LogP contribution in [0.4, 0.5) is 11.4 Å². The van der Waals surface area contributed by atoms with E-state index >= 15 is 0 Å². The number of carbonyl (C=O) groups excluding carboxylic acids is 1. The lowest BCUT2D eigenvalue weighted by molar-refractivity contribution is -0.116. The van der Waals surface area contributed by atoms with E-state index in [0.717, 1.165) is 37.6 Å². The molecule has 3 aromatic carbocycles. The minimum Gasteiger partial charge on any atom is -0.354 e. The molecule has 0 radical (unpaired) electrons. The van der Waals surface area contributed by atoms with Crippen LogP contribution in [0.5, 0.6) is 0 Å². The first-order chi connectivity index (χ1) is 13.9. The number of anilines is 2. The van der Waals surface area contributed by atoms with Gasteiger partial charge in [0.2, 0.25) is 5.91 Å². The molecule has 0 aromatic heterocycles. The Bertz CT molecular complexity index is 1200. The molecule has 7 heteroatoms. The number of benzene rings is 3. The van der Waals surface area contributed by atoms with Gasteiger partial charge in [0.15, 0.2) is 0 Å². The summed E-state index contributed by atoms with van der Waals surface area (Å²) in [7, 11) is 0. The van der Waals surface area contributed by atoms with Crippen molar-refractivity contribution in [1.29, 1.82) is 0 Å². The summed E-state index contributed by atoms with van der Waals surface area (Å²) in [6.07, 6.45) is 1.98. The Morgan fingerprint density at radius 1 is 0.862 bits per heavy atom. The van der Waals surface area contributed by atoms with Gasteiger partial charge >= 0.3 is 0 Å². The van der Waals surface area contributed by atoms with Crippen molar-refractivity contribution < 1.29 is 4.79 Å². The molecular weight excluding hydrogens is 491 g/mol. The Kier molecular flexibility index (Phi) is 4.67. The van der Waals surface area contributed by atoms with Crippen molar-refractivity contribution in [2.24, 2.45) is 0 Å². The lowest BCUT2D eigenvalue weighted by Crippen LogP contribution is -2.29. The van der Waals surface area contributed by atoms with Gasteiger partial charge in [0, 0.05) is 36.4 Å². The van der Waals surface area contributed by atoms with Gasteiger partial charge in [-0.3, -0.25) is 4.79 Å². The number of rotatable bonds is 1. The average molecular weight is 504 g/mol. The molecule has 0 bridgehead atoms. The summed E-state index contributed by atoms with van der Waals surface area (Å²) in [6, 6.07) is 19.1. The van der Waals surface area contributed by atoms with Crippen LogP contribution in [0.2, 0.25) is 10.0 Å². The molecule has 3 nitrogen and oxygen atoms in total. The van der Waals surface area contributed by atoms with Gasteiger partial charge < -0.3 is 10.6 Å². The van der Waals surface area contributed by atoms with Gasteiger partial charge in [-0.15, -0.1) is 0 Å². The van der Waals surface area contributed by atoms with Gasteiger partial charge in [0.25, 0.3) is 0 Å². The Balaban J connectivity index is 1.77. The smallest absolute Gasteiger partial charge is 0.249 e. The van der Waals surface area contributed by atoms with Crippen LogP contribution in [0.1, 0.15) is 11.1 Å². The van der Waals surface area contributed by atoms with Crippen LogP contribution in [-0.2, 0) is 9.54 Å². The normalized spacial score (nSPS) is 19.7. The zero-order chi connectivity index (χ0) is 20.2. The summed E-state index contributed by atoms with van der Waals surface area (Å²) in [6.45, 7) is 0. The molecule has 0 aliphatic carbocycles. The third-order valence-corrected chi connectivity index (χ3v) is 7.37. The molecule has 0 saturated carbocycles. The van der Waals surface area contributed by atoms with E-state index in [4.69, 9.17) is 23.2 Å². The number of thioether (sulfide) groups is 1. The third kappa shape index (κ3) is 3.26. The zero-order valence-electron chi connectivity index (χ0n) is 14.8. The third-order valence-electron chi connectivity index (χ3n) is 4.95. The first kappa shape index (κ1) is 19.1. The maximum Gasteiger partial charge on any atom is 0.249 e. The molecule has 1 amide bonds. The van der Waals surface area contributed by atoms with Crippen LogP contribution < -0.4 is 10.6 Å². The van der Waals surface area contributed by atoms with Gasteiger partial charge in [-0.2, -0.15) is 0 Å². The standard InChI is InChI=1S/C22H13BrCl2N2OS/c23-13-3-1-12(2-4-13)19-11-22(29-20-8-6-15(25)10-18(20)26-19)16-9-14(24)5-7-17(16)27-21(22)28/h1-11,26H,(H,27,28). The molecule has 0 saturated heterocycles. The fourth-order valence-corrected chi connectivity index (χ4v) is 5.49. The average Bonchev–Trinajstić information content (AvgIpc) is 2.85. The van der Waals surface area contributed by atoms with Crippen LogP contribution in [0.15, 0.2) is 76.1 Å². The molecule has 144 valence electrons. The second-order valence-corrected chi connectivity index (χ2v) is 9.89. The Morgan fingerprint density at radius 2 is 1.59 bits per heavy atom. The Labute approximate surface area is 190 Å². The van der Waals surface area contributed by atoms with Gasteiger partial charge in [-0.25, -0.2) is 0 Å². The quantitative estimate of drug-likeness (QED) is 0.370. The molecule has 5 rings (SSSR count). The highest BCUT2D eigenvalue weighted by molar-refractivity contribution is 9.10. The summed E-state index contributed by atoms with van der Waals surface area (Å²) in [5.41, 5.74) is 4.27. The summed E-state index contributed by atoms with van der Waals surface area (Å²) >= 11 is 17.5. The number of hydrogen-bond acceptors (Lipinski definition) is 3. The van der Waals surface area contributed by atoms with Crippen molar-refractivity contribution in [3.63, 3.8) is 0 Å². The lowest BCUT2D eigenvalue weighted by Gasteiger charge is -2.23. The molecule has 0 fully saturated rings. The molecule has 1 unspecified atom stereocenters. The van der Waals surface area contributed by atoms with Crippen molar-refractivity contribution in [2.75, 3.05) is 10.6 Å². The van der Waals surface area contributed by atoms with Gasteiger partial charge in [-0.1, -0.05) is 63.0 Å². The van der Waals surface area contributed by atoms with Crippen LogP contribution in [0.25, 0.3) is 5.70 Å². The van der Waals surface area contributed by atoms with Crippen LogP contribution in [0.3, 0.4) is 0 Å². The van der Waals surface area contributed by atoms with Crippen molar-refractivity contribution in [2.45, 2.75) is 9.64 Å². The molecule has 1 spiro atoms. The summed E-state index contributed by atoms with van der Waals surface area (Å²) in [4.78, 5) is 14.2. The maximum atomic E-state index is 13.3. The molecule has 3 aromatic rings. The molecule has 2 N–H and O–H groups in total. The highest BCUT2D eigenvalue weighted by Gasteiger charge is 2.48. The number of carbonyl (C=O) groups is 1. The number of fused-ring (bicyclic) bond motifs is 3. The van der Waals surface area contributed by atoms with E-state index in [2.05, 4.69) is 26.6 Å². The highest BCUT2D eigenvalue weighted by Crippen LogP contribution is 2.55. The SMILES string of the molecule is O=C1Nc2ccc(Cl)cc2C12C=C(c1ccc(Br)cc1)Nc1cc(Cl)ccc1S2. The minimum atomic E-state index is -0.950. The van der Waals surface area contributed by atoms with E-state index in [0.29, 0.717) is 10.0 Å². The Hall–Kier alpha value is -1.92. The van der Waals surface area contributed by atoms with Crippen molar-refractivity contribution >= 4 is 73.9 Å². The van der Waals surface area contributed by atoms with Gasteiger partial charge in [-0.05, 0) is 60.2 Å². The minimum absolute atomic E-state index is 0.0982. The largest absolute Gasteiger partial charge is 0.354 e.